The Morgan fingerprint density at radius 1 is 1.03 bits per heavy atom. The van der Waals surface area contributed by atoms with Gasteiger partial charge >= 0.3 is 12.0 Å². The highest BCUT2D eigenvalue weighted by Crippen LogP contribution is 2.46. The van der Waals surface area contributed by atoms with E-state index in [0.717, 1.165) is 31.2 Å². The van der Waals surface area contributed by atoms with Crippen molar-refractivity contribution in [2.45, 2.75) is 51.7 Å². The number of nitrogens with zero attached hydrogens (tertiary/aromatic N) is 1. The molecule has 7 nitrogen and oxygen atoms in total. The maximum Gasteiger partial charge on any atom is 0.329 e. The first-order valence-electron chi connectivity index (χ1n) is 12.0. The van der Waals surface area contributed by atoms with Crippen LogP contribution in [-0.2, 0) is 31.6 Å². The summed E-state index contributed by atoms with van der Waals surface area (Å²) >= 11 is 0. The normalized spacial score (nSPS) is 17.2. The Balaban J connectivity index is 1.46. The molecule has 0 saturated carbocycles. The summed E-state index contributed by atoms with van der Waals surface area (Å²) in [6.45, 7) is 2.77. The minimum absolute atomic E-state index is 0.0344. The van der Waals surface area contributed by atoms with Crippen molar-refractivity contribution in [2.24, 2.45) is 0 Å². The molecule has 0 radical (unpaired) electrons. The molecule has 0 bridgehead atoms. The number of carbonyl (C=O) groups excluding carboxylic acids is 2. The van der Waals surface area contributed by atoms with Gasteiger partial charge in [0.2, 0.25) is 7.37 Å². The Labute approximate surface area is 202 Å². The van der Waals surface area contributed by atoms with Gasteiger partial charge in [0.25, 0.3) is 0 Å². The summed E-state index contributed by atoms with van der Waals surface area (Å²) in [7, 11) is -3.01. The van der Waals surface area contributed by atoms with E-state index in [0.29, 0.717) is 25.7 Å². The van der Waals surface area contributed by atoms with Gasteiger partial charge in [0, 0.05) is 12.7 Å². The lowest BCUT2D eigenvalue weighted by Gasteiger charge is -2.25. The smallest absolute Gasteiger partial charge is 0.329 e. The molecule has 1 fully saturated rings. The Morgan fingerprint density at radius 2 is 1.71 bits per heavy atom. The largest absolute Gasteiger partial charge is 0.459 e. The van der Waals surface area contributed by atoms with Crippen LogP contribution in [0.1, 0.15) is 43.7 Å². The van der Waals surface area contributed by atoms with Crippen LogP contribution >= 0.6 is 7.37 Å². The number of aryl methyl sites for hydroxylation is 1. The van der Waals surface area contributed by atoms with Crippen molar-refractivity contribution in [1.29, 1.82) is 0 Å². The van der Waals surface area contributed by atoms with Crippen LogP contribution in [0.15, 0.2) is 60.7 Å². The van der Waals surface area contributed by atoms with Crippen LogP contribution in [0.4, 0.5) is 4.79 Å². The van der Waals surface area contributed by atoms with E-state index in [-0.39, 0.29) is 12.9 Å². The molecule has 1 saturated heterocycles. The lowest BCUT2D eigenvalue weighted by molar-refractivity contribution is -0.149. The average Bonchev–Trinajstić information content (AvgIpc) is 3.36. The monoisotopic (exact) mass is 486 g/mol. The van der Waals surface area contributed by atoms with Crippen molar-refractivity contribution >= 4 is 19.4 Å². The lowest BCUT2D eigenvalue weighted by Crippen LogP contribution is -2.46. The van der Waals surface area contributed by atoms with Crippen LogP contribution in [0.5, 0.6) is 0 Å². The molecule has 1 heterocycles. The van der Waals surface area contributed by atoms with Crippen LogP contribution in [0.2, 0.25) is 0 Å². The second-order valence-electron chi connectivity index (χ2n) is 8.48. The van der Waals surface area contributed by atoms with Crippen LogP contribution < -0.4 is 5.32 Å². The van der Waals surface area contributed by atoms with E-state index in [2.05, 4.69) is 17.4 Å². The molecule has 0 aromatic heterocycles. The number of hydrogen-bond donors (Lipinski definition) is 1. The fourth-order valence-electron chi connectivity index (χ4n) is 4.12. The zero-order valence-electron chi connectivity index (χ0n) is 19.9. The molecule has 184 valence electrons. The van der Waals surface area contributed by atoms with Gasteiger partial charge in [-0.25, -0.2) is 9.59 Å². The first-order valence-corrected chi connectivity index (χ1v) is 14.0. The number of urea groups is 1. The van der Waals surface area contributed by atoms with Crippen molar-refractivity contribution < 1.29 is 23.4 Å². The highest BCUT2D eigenvalue weighted by molar-refractivity contribution is 7.58. The second kappa shape index (κ2) is 13.3. The number of amides is 2. The molecule has 0 aliphatic carbocycles. The fourth-order valence-corrected chi connectivity index (χ4v) is 6.05. The first kappa shape index (κ1) is 26.0. The van der Waals surface area contributed by atoms with E-state index in [1.807, 2.05) is 48.5 Å². The van der Waals surface area contributed by atoms with Crippen molar-refractivity contribution in [3.05, 3.63) is 71.8 Å². The van der Waals surface area contributed by atoms with Gasteiger partial charge in [-0.1, -0.05) is 60.7 Å². The molecule has 1 unspecified atom stereocenters. The molecular formula is C26H35N2O5P. The third-order valence-electron chi connectivity index (χ3n) is 5.90. The van der Waals surface area contributed by atoms with E-state index < -0.39 is 25.4 Å². The molecule has 34 heavy (non-hydrogen) atoms. The summed E-state index contributed by atoms with van der Waals surface area (Å²) in [5.74, 6) is -0.412. The van der Waals surface area contributed by atoms with Gasteiger partial charge in [0.1, 0.15) is 12.6 Å². The summed E-state index contributed by atoms with van der Waals surface area (Å²) in [4.78, 5) is 26.9. The minimum atomic E-state index is -3.01. The number of unbranched alkanes of at least 4 members (excludes halogenated alkanes) is 1. The molecule has 1 aliphatic rings. The van der Waals surface area contributed by atoms with E-state index in [1.165, 1.54) is 10.5 Å². The van der Waals surface area contributed by atoms with Gasteiger partial charge in [-0.2, -0.15) is 0 Å². The zero-order chi connectivity index (χ0) is 24.2. The Hall–Kier alpha value is -2.63. The highest BCUT2D eigenvalue weighted by atomic mass is 31.2. The molecule has 1 aliphatic heterocycles. The summed E-state index contributed by atoms with van der Waals surface area (Å²) in [6, 6.07) is 18.6. The third-order valence-corrected chi connectivity index (χ3v) is 8.27. The molecule has 0 spiro atoms. The average molecular weight is 487 g/mol. The van der Waals surface area contributed by atoms with Crippen LogP contribution in [-0.4, -0.2) is 48.5 Å². The van der Waals surface area contributed by atoms with Gasteiger partial charge in [-0.05, 0) is 50.2 Å². The SMILES string of the molecule is CCOP(=O)(CCCCc1ccccc1)CNC(=O)N1CCC[C@H]1C(=O)OCc1ccccc1. The predicted octanol–water partition coefficient (Wildman–Crippen LogP) is 5.20. The minimum Gasteiger partial charge on any atom is -0.459 e. The number of benzene rings is 2. The zero-order valence-corrected chi connectivity index (χ0v) is 20.8. The molecule has 1 N–H and O–H groups in total. The first-order chi connectivity index (χ1) is 16.5. The quantitative estimate of drug-likeness (QED) is 0.253. The lowest BCUT2D eigenvalue weighted by atomic mass is 10.1. The van der Waals surface area contributed by atoms with Crippen molar-refractivity contribution in [3.8, 4) is 0 Å². The van der Waals surface area contributed by atoms with E-state index in [4.69, 9.17) is 9.26 Å². The molecule has 2 atom stereocenters. The number of likely N-dealkylation sites (tertiary alicyclic amines) is 1. The second-order valence-corrected chi connectivity index (χ2v) is 11.1. The Morgan fingerprint density at radius 3 is 2.38 bits per heavy atom. The summed E-state index contributed by atoms with van der Waals surface area (Å²) in [5, 5.41) is 2.76. The maximum absolute atomic E-state index is 13.3. The number of carbonyl (C=O) groups is 2. The topological polar surface area (TPSA) is 84.9 Å². The van der Waals surface area contributed by atoms with Crippen molar-refractivity contribution in [2.75, 3.05) is 25.6 Å². The van der Waals surface area contributed by atoms with Crippen molar-refractivity contribution in [3.63, 3.8) is 0 Å². The Bertz CT molecular complexity index is 954. The molecule has 2 aromatic rings. The van der Waals surface area contributed by atoms with E-state index in [1.54, 1.807) is 6.92 Å². The molecule has 2 aromatic carbocycles. The van der Waals surface area contributed by atoms with Crippen LogP contribution in [0.3, 0.4) is 0 Å². The molecule has 8 heteroatoms. The summed E-state index contributed by atoms with van der Waals surface area (Å²) < 4.78 is 24.3. The standard InChI is InChI=1S/C26H35N2O5P/c1-2-33-34(31,19-10-9-14-22-12-5-3-6-13-22)21-27-26(30)28-18-11-17-24(28)25(29)32-20-23-15-7-4-8-16-23/h3-8,12-13,15-16,24H,2,9-11,14,17-21H2,1H3,(H,27,30)/t24-,34?/m0/s1. The van der Waals surface area contributed by atoms with Gasteiger partial charge in [-0.15, -0.1) is 0 Å². The summed E-state index contributed by atoms with van der Waals surface area (Å²) in [6.07, 6.45) is 4.23. The number of rotatable bonds is 12. The maximum atomic E-state index is 13.3. The molecule has 2 amide bonds. The van der Waals surface area contributed by atoms with Crippen LogP contribution in [0.25, 0.3) is 0 Å². The van der Waals surface area contributed by atoms with Gasteiger partial charge < -0.3 is 19.5 Å². The van der Waals surface area contributed by atoms with E-state index >= 15 is 0 Å². The number of ether oxygens (including phenoxy) is 1. The third kappa shape index (κ3) is 8.00. The van der Waals surface area contributed by atoms with Gasteiger partial charge in [-0.3, -0.25) is 4.57 Å². The van der Waals surface area contributed by atoms with E-state index in [9.17, 15) is 14.2 Å². The predicted molar refractivity (Wildman–Crippen MR) is 133 cm³/mol. The fraction of sp³-hybridized carbons (Fsp3) is 0.462. The highest BCUT2D eigenvalue weighted by Gasteiger charge is 2.36. The van der Waals surface area contributed by atoms with Crippen molar-refractivity contribution in [1.82, 2.24) is 10.2 Å². The number of esters is 1. The molecular weight excluding hydrogens is 451 g/mol. The molecule has 3 rings (SSSR count). The number of nitrogens with one attached hydrogen (secondary N) is 1. The number of hydrogen-bond acceptors (Lipinski definition) is 5. The van der Waals surface area contributed by atoms with Gasteiger partial charge in [0.05, 0.1) is 12.9 Å². The van der Waals surface area contributed by atoms with Crippen LogP contribution in [0, 0.1) is 0 Å². The van der Waals surface area contributed by atoms with Gasteiger partial charge in [0.15, 0.2) is 0 Å². The Kier molecular flexibility index (Phi) is 10.2. The summed E-state index contributed by atoms with van der Waals surface area (Å²) in [5.41, 5.74) is 2.15.